The number of imide groups is 1. The van der Waals surface area contributed by atoms with Crippen LogP contribution in [0.15, 0.2) is 12.2 Å². The highest BCUT2D eigenvalue weighted by molar-refractivity contribution is 6.13. The third kappa shape index (κ3) is 2.71. The Bertz CT molecular complexity index is 316. The third-order valence-corrected chi connectivity index (χ3v) is 1.66. The van der Waals surface area contributed by atoms with Crippen LogP contribution in [0.4, 0.5) is 0 Å². The fraction of sp³-hybridized carbons (Fsp3) is 0.400. The van der Waals surface area contributed by atoms with Crippen LogP contribution in [0.5, 0.6) is 0 Å². The van der Waals surface area contributed by atoms with Crippen molar-refractivity contribution in [3.05, 3.63) is 12.2 Å². The average Bonchev–Trinajstić information content (AvgIpc) is 2.42. The van der Waals surface area contributed by atoms with Gasteiger partial charge in [-0.3, -0.25) is 19.4 Å². The van der Waals surface area contributed by atoms with E-state index in [-0.39, 0.29) is 18.4 Å². The van der Waals surface area contributed by atoms with Gasteiger partial charge < -0.3 is 0 Å². The van der Waals surface area contributed by atoms with Gasteiger partial charge in [-0.05, 0) is 14.1 Å². The van der Waals surface area contributed by atoms with Crippen LogP contribution >= 0.6 is 0 Å². The number of amides is 2. The first kappa shape index (κ1) is 10.5. The Morgan fingerprint density at radius 3 is 2.29 bits per heavy atom. The van der Waals surface area contributed by atoms with E-state index in [1.165, 1.54) is 12.2 Å². The van der Waals surface area contributed by atoms with E-state index in [1.54, 1.807) is 0 Å². The molecule has 0 aromatic rings. The predicted molar refractivity (Wildman–Crippen MR) is 52.2 cm³/mol. The van der Waals surface area contributed by atoms with E-state index in [4.69, 9.17) is 0 Å². The van der Waals surface area contributed by atoms with Crippen LogP contribution in [-0.4, -0.2) is 48.8 Å². The van der Waals surface area contributed by atoms with Gasteiger partial charge in [0.05, 0.1) is 13.1 Å². The summed E-state index contributed by atoms with van der Waals surface area (Å²) in [5.74, 6) is 5.06. The van der Waals surface area contributed by atoms with Gasteiger partial charge in [0.2, 0.25) is 0 Å². The van der Waals surface area contributed by atoms with E-state index in [0.717, 1.165) is 4.90 Å². The molecule has 4 heteroatoms. The first-order valence-corrected chi connectivity index (χ1v) is 4.25. The van der Waals surface area contributed by atoms with Gasteiger partial charge in [0.25, 0.3) is 11.8 Å². The summed E-state index contributed by atoms with van der Waals surface area (Å²) in [6.07, 6.45) is 2.52. The molecule has 14 heavy (non-hydrogen) atoms. The molecule has 1 heterocycles. The summed E-state index contributed by atoms with van der Waals surface area (Å²) in [5.41, 5.74) is 0. The minimum Gasteiger partial charge on any atom is -0.299 e. The van der Waals surface area contributed by atoms with E-state index < -0.39 is 0 Å². The van der Waals surface area contributed by atoms with Gasteiger partial charge in [-0.25, -0.2) is 0 Å². The first-order valence-electron chi connectivity index (χ1n) is 4.25. The lowest BCUT2D eigenvalue weighted by molar-refractivity contribution is -0.135. The molecule has 0 saturated carbocycles. The zero-order valence-corrected chi connectivity index (χ0v) is 8.28. The molecule has 0 unspecified atom stereocenters. The van der Waals surface area contributed by atoms with Gasteiger partial charge >= 0.3 is 0 Å². The average molecular weight is 192 g/mol. The number of nitrogens with zero attached hydrogens (tertiary/aromatic N) is 2. The first-order chi connectivity index (χ1) is 6.61. The van der Waals surface area contributed by atoms with Crippen LogP contribution < -0.4 is 0 Å². The van der Waals surface area contributed by atoms with Gasteiger partial charge in [0, 0.05) is 12.2 Å². The predicted octanol–water partition coefficient (Wildman–Crippen LogP) is -0.524. The summed E-state index contributed by atoms with van der Waals surface area (Å²) < 4.78 is 0. The lowest BCUT2D eigenvalue weighted by Crippen LogP contribution is -2.30. The molecular formula is C10H12N2O2. The maximum atomic E-state index is 11.1. The van der Waals surface area contributed by atoms with Gasteiger partial charge in [-0.1, -0.05) is 11.8 Å². The zero-order valence-electron chi connectivity index (χ0n) is 8.28. The standard InChI is InChI=1S/C10H12N2O2/c1-11(2)7-3-4-8-12-9(13)5-6-10(12)14/h5-6H,7-8H2,1-2H3. The molecule has 1 aliphatic rings. The molecule has 0 saturated heterocycles. The van der Waals surface area contributed by atoms with Gasteiger partial charge in [0.15, 0.2) is 0 Å². The molecule has 1 aliphatic heterocycles. The molecule has 2 amide bonds. The second kappa shape index (κ2) is 4.58. The van der Waals surface area contributed by atoms with Crippen LogP contribution in [0.2, 0.25) is 0 Å². The Morgan fingerprint density at radius 2 is 1.79 bits per heavy atom. The SMILES string of the molecule is CN(C)CC#CCN1C(=O)C=CC1=O. The highest BCUT2D eigenvalue weighted by Gasteiger charge is 2.21. The lowest BCUT2D eigenvalue weighted by atomic mass is 10.5. The van der Waals surface area contributed by atoms with Crippen LogP contribution in [0.1, 0.15) is 0 Å². The Hall–Kier alpha value is -1.60. The summed E-state index contributed by atoms with van der Waals surface area (Å²) in [6.45, 7) is 0.808. The molecule has 0 N–H and O–H groups in total. The number of hydrogen-bond donors (Lipinski definition) is 0. The quantitative estimate of drug-likeness (QED) is 0.436. The highest BCUT2D eigenvalue weighted by atomic mass is 16.2. The number of carbonyl (C=O) groups excluding carboxylic acids is 2. The molecule has 0 radical (unpaired) electrons. The number of hydrogen-bond acceptors (Lipinski definition) is 3. The second-order valence-corrected chi connectivity index (χ2v) is 3.19. The van der Waals surface area contributed by atoms with Crippen molar-refractivity contribution in [1.82, 2.24) is 9.80 Å². The van der Waals surface area contributed by atoms with Crippen molar-refractivity contribution in [2.45, 2.75) is 0 Å². The number of rotatable bonds is 2. The molecule has 0 bridgehead atoms. The number of carbonyl (C=O) groups is 2. The van der Waals surface area contributed by atoms with Gasteiger partial charge in [0.1, 0.15) is 0 Å². The van der Waals surface area contributed by atoms with Crippen molar-refractivity contribution in [2.24, 2.45) is 0 Å². The summed E-state index contributed by atoms with van der Waals surface area (Å²) in [7, 11) is 3.81. The zero-order chi connectivity index (χ0) is 10.6. The summed E-state index contributed by atoms with van der Waals surface area (Å²) >= 11 is 0. The second-order valence-electron chi connectivity index (χ2n) is 3.19. The van der Waals surface area contributed by atoms with E-state index >= 15 is 0 Å². The molecule has 0 aromatic carbocycles. The molecule has 0 atom stereocenters. The maximum absolute atomic E-state index is 11.1. The van der Waals surface area contributed by atoms with Crippen LogP contribution in [0, 0.1) is 11.8 Å². The van der Waals surface area contributed by atoms with Crippen LogP contribution in [-0.2, 0) is 9.59 Å². The van der Waals surface area contributed by atoms with Crippen LogP contribution in [0.25, 0.3) is 0 Å². The smallest absolute Gasteiger partial charge is 0.254 e. The van der Waals surface area contributed by atoms with Crippen molar-refractivity contribution in [3.63, 3.8) is 0 Å². The fourth-order valence-electron chi connectivity index (χ4n) is 0.936. The third-order valence-electron chi connectivity index (χ3n) is 1.66. The Balaban J connectivity index is 2.41. The van der Waals surface area contributed by atoms with Crippen molar-refractivity contribution in [2.75, 3.05) is 27.2 Å². The van der Waals surface area contributed by atoms with E-state index in [0.29, 0.717) is 6.54 Å². The largest absolute Gasteiger partial charge is 0.299 e. The minimum absolute atomic E-state index is 0.179. The Morgan fingerprint density at radius 1 is 1.21 bits per heavy atom. The van der Waals surface area contributed by atoms with Gasteiger partial charge in [-0.2, -0.15) is 0 Å². The summed E-state index contributed by atoms with van der Waals surface area (Å²) in [5, 5.41) is 0. The van der Waals surface area contributed by atoms with Crippen LogP contribution in [0.3, 0.4) is 0 Å². The molecule has 1 rings (SSSR count). The molecule has 0 aromatic heterocycles. The van der Waals surface area contributed by atoms with Gasteiger partial charge in [-0.15, -0.1) is 0 Å². The molecule has 0 fully saturated rings. The molecule has 74 valence electrons. The fourth-order valence-corrected chi connectivity index (χ4v) is 0.936. The molecule has 0 spiro atoms. The summed E-state index contributed by atoms with van der Waals surface area (Å²) in [4.78, 5) is 25.1. The lowest BCUT2D eigenvalue weighted by Gasteiger charge is -2.08. The normalized spacial score (nSPS) is 14.9. The molecule has 0 aliphatic carbocycles. The molecular weight excluding hydrogens is 180 g/mol. The van der Waals surface area contributed by atoms with E-state index in [9.17, 15) is 9.59 Å². The van der Waals surface area contributed by atoms with E-state index in [2.05, 4.69) is 11.8 Å². The van der Waals surface area contributed by atoms with Crippen molar-refractivity contribution < 1.29 is 9.59 Å². The maximum Gasteiger partial charge on any atom is 0.254 e. The van der Waals surface area contributed by atoms with Crippen molar-refractivity contribution in [3.8, 4) is 11.8 Å². The summed E-state index contributed by atoms with van der Waals surface area (Å²) in [6, 6.07) is 0. The van der Waals surface area contributed by atoms with Crippen molar-refractivity contribution >= 4 is 11.8 Å². The molecule has 4 nitrogen and oxygen atoms in total. The highest BCUT2D eigenvalue weighted by Crippen LogP contribution is 2.01. The van der Waals surface area contributed by atoms with E-state index in [1.807, 2.05) is 19.0 Å². The van der Waals surface area contributed by atoms with Crippen molar-refractivity contribution in [1.29, 1.82) is 0 Å². The monoisotopic (exact) mass is 192 g/mol. The topological polar surface area (TPSA) is 40.6 Å². The minimum atomic E-state index is -0.283. The Kier molecular flexibility index (Phi) is 3.43. The Labute approximate surface area is 83.2 Å².